The van der Waals surface area contributed by atoms with E-state index in [4.69, 9.17) is 16.9 Å². The minimum absolute atomic E-state index is 0.286. The first kappa shape index (κ1) is 15.8. The van der Waals surface area contributed by atoms with E-state index >= 15 is 0 Å². The van der Waals surface area contributed by atoms with Gasteiger partial charge in [0.2, 0.25) is 0 Å². The molecular weight excluding hydrogens is 324 g/mol. The van der Waals surface area contributed by atoms with Crippen LogP contribution in [0.2, 0.25) is 5.02 Å². The molecule has 0 unspecified atom stereocenters. The molecule has 5 nitrogen and oxygen atoms in total. The third kappa shape index (κ3) is 3.14. The van der Waals surface area contributed by atoms with E-state index < -0.39 is 0 Å². The fraction of sp³-hybridized carbons (Fsp3) is 0.0556. The molecule has 0 radical (unpaired) electrons. The lowest BCUT2D eigenvalue weighted by atomic mass is 10.1. The molecule has 6 heteroatoms. The minimum Gasteiger partial charge on any atom is -0.319 e. The van der Waals surface area contributed by atoms with Crippen molar-refractivity contribution in [3.8, 4) is 11.8 Å². The monoisotopic (exact) mass is 336 g/mol. The first-order valence-corrected chi connectivity index (χ1v) is 7.58. The molecule has 1 aromatic heterocycles. The first-order chi connectivity index (χ1) is 11.6. The van der Waals surface area contributed by atoms with Crippen LogP contribution in [0.25, 0.3) is 5.69 Å². The Morgan fingerprint density at radius 2 is 2.00 bits per heavy atom. The van der Waals surface area contributed by atoms with Crippen LogP contribution in [-0.4, -0.2) is 15.7 Å². The summed E-state index contributed by atoms with van der Waals surface area (Å²) in [5, 5.41) is 16.7. The highest BCUT2D eigenvalue weighted by molar-refractivity contribution is 6.30. The Balaban J connectivity index is 1.85. The Hall–Kier alpha value is -3.10. The third-order valence-corrected chi connectivity index (χ3v) is 3.84. The fourth-order valence-corrected chi connectivity index (χ4v) is 2.43. The predicted octanol–water partition coefficient (Wildman–Crippen LogP) is 3.96. The van der Waals surface area contributed by atoms with Gasteiger partial charge in [-0.25, -0.2) is 4.68 Å². The smallest absolute Gasteiger partial charge is 0.255 e. The molecule has 3 aromatic rings. The number of hydrogen-bond donors (Lipinski definition) is 1. The highest BCUT2D eigenvalue weighted by Gasteiger charge is 2.12. The van der Waals surface area contributed by atoms with Crippen LogP contribution >= 0.6 is 11.6 Å². The Labute approximate surface area is 144 Å². The maximum Gasteiger partial charge on any atom is 0.255 e. The summed E-state index contributed by atoms with van der Waals surface area (Å²) < 4.78 is 1.72. The highest BCUT2D eigenvalue weighted by Crippen LogP contribution is 2.20. The molecule has 0 spiro atoms. The number of rotatable bonds is 3. The van der Waals surface area contributed by atoms with Crippen LogP contribution in [0.15, 0.2) is 54.7 Å². The Morgan fingerprint density at radius 3 is 2.71 bits per heavy atom. The van der Waals surface area contributed by atoms with Gasteiger partial charge in [0.15, 0.2) is 0 Å². The largest absolute Gasteiger partial charge is 0.319 e. The number of amides is 1. The number of halogens is 1. The van der Waals surface area contributed by atoms with Gasteiger partial charge in [-0.3, -0.25) is 4.79 Å². The van der Waals surface area contributed by atoms with Crippen LogP contribution in [0, 0.1) is 18.3 Å². The second-order valence-corrected chi connectivity index (χ2v) is 5.62. The lowest BCUT2D eigenvalue weighted by Gasteiger charge is -2.07. The maximum atomic E-state index is 12.3. The van der Waals surface area contributed by atoms with Crippen LogP contribution in [0.3, 0.4) is 0 Å². The second-order valence-electron chi connectivity index (χ2n) is 5.18. The zero-order valence-electron chi connectivity index (χ0n) is 12.8. The van der Waals surface area contributed by atoms with Gasteiger partial charge in [0.25, 0.3) is 5.91 Å². The molecule has 3 rings (SSSR count). The highest BCUT2D eigenvalue weighted by atomic mass is 35.5. The molecule has 0 saturated heterocycles. The van der Waals surface area contributed by atoms with E-state index in [-0.39, 0.29) is 5.91 Å². The Kier molecular flexibility index (Phi) is 4.32. The topological polar surface area (TPSA) is 70.7 Å². The standard InChI is InChI=1S/C18H13ClN4O/c1-12-17(11-21-23(12)16-7-5-15(19)6-8-16)22-18(24)14-4-2-3-13(9-14)10-20/h2-9,11H,1H3,(H,22,24). The summed E-state index contributed by atoms with van der Waals surface area (Å²) in [5.74, 6) is -0.286. The molecule has 0 saturated carbocycles. The minimum atomic E-state index is -0.286. The molecular formula is C18H13ClN4O. The molecule has 0 bridgehead atoms. The lowest BCUT2D eigenvalue weighted by Crippen LogP contribution is -2.12. The van der Waals surface area contributed by atoms with E-state index in [1.54, 1.807) is 47.3 Å². The zero-order chi connectivity index (χ0) is 17.1. The quantitative estimate of drug-likeness (QED) is 0.787. The molecule has 24 heavy (non-hydrogen) atoms. The molecule has 1 N–H and O–H groups in total. The first-order valence-electron chi connectivity index (χ1n) is 7.20. The van der Waals surface area contributed by atoms with E-state index in [0.29, 0.717) is 21.8 Å². The van der Waals surface area contributed by atoms with Crippen LogP contribution in [0.5, 0.6) is 0 Å². The second kappa shape index (κ2) is 6.57. The molecule has 0 fully saturated rings. The number of nitrogens with zero attached hydrogens (tertiary/aromatic N) is 3. The molecule has 0 aliphatic heterocycles. The maximum absolute atomic E-state index is 12.3. The summed E-state index contributed by atoms with van der Waals surface area (Å²) in [6.45, 7) is 1.86. The van der Waals surface area contributed by atoms with Crippen molar-refractivity contribution in [1.29, 1.82) is 5.26 Å². The normalized spacial score (nSPS) is 10.2. The zero-order valence-corrected chi connectivity index (χ0v) is 13.6. The summed E-state index contributed by atoms with van der Waals surface area (Å²) in [6.07, 6.45) is 1.59. The van der Waals surface area contributed by atoms with E-state index in [0.717, 1.165) is 11.4 Å². The molecule has 0 aliphatic carbocycles. The van der Waals surface area contributed by atoms with Crippen molar-refractivity contribution in [3.05, 3.63) is 76.6 Å². The van der Waals surface area contributed by atoms with Gasteiger partial charge in [0, 0.05) is 10.6 Å². The van der Waals surface area contributed by atoms with E-state index in [9.17, 15) is 4.79 Å². The van der Waals surface area contributed by atoms with Gasteiger partial charge in [0.1, 0.15) is 0 Å². The number of benzene rings is 2. The average Bonchev–Trinajstić information content (AvgIpc) is 2.96. The van der Waals surface area contributed by atoms with E-state index in [1.165, 1.54) is 0 Å². The number of aromatic nitrogens is 2. The van der Waals surface area contributed by atoms with Gasteiger partial charge < -0.3 is 5.32 Å². The number of carbonyl (C=O) groups is 1. The number of anilines is 1. The summed E-state index contributed by atoms with van der Waals surface area (Å²) in [4.78, 5) is 12.3. The molecule has 0 aliphatic rings. The van der Waals surface area contributed by atoms with Crippen molar-refractivity contribution in [3.63, 3.8) is 0 Å². The van der Waals surface area contributed by atoms with Gasteiger partial charge >= 0.3 is 0 Å². The number of nitriles is 1. The predicted molar refractivity (Wildman–Crippen MR) is 92.4 cm³/mol. The fourth-order valence-electron chi connectivity index (χ4n) is 2.30. The third-order valence-electron chi connectivity index (χ3n) is 3.58. The van der Waals surface area contributed by atoms with E-state index in [2.05, 4.69) is 10.4 Å². The summed E-state index contributed by atoms with van der Waals surface area (Å²) in [5.41, 5.74) is 3.12. The van der Waals surface area contributed by atoms with Crippen molar-refractivity contribution in [1.82, 2.24) is 9.78 Å². The van der Waals surface area contributed by atoms with Gasteiger partial charge in [-0.1, -0.05) is 17.7 Å². The van der Waals surface area contributed by atoms with Crippen LogP contribution in [0.4, 0.5) is 5.69 Å². The average molecular weight is 337 g/mol. The van der Waals surface area contributed by atoms with Crippen LogP contribution < -0.4 is 5.32 Å². The number of hydrogen-bond acceptors (Lipinski definition) is 3. The SMILES string of the molecule is Cc1c(NC(=O)c2cccc(C#N)c2)cnn1-c1ccc(Cl)cc1. The van der Waals surface area contributed by atoms with Crippen molar-refractivity contribution < 1.29 is 4.79 Å². The van der Waals surface area contributed by atoms with Crippen molar-refractivity contribution >= 4 is 23.2 Å². The molecule has 118 valence electrons. The Bertz CT molecular complexity index is 938. The van der Waals surface area contributed by atoms with Crippen molar-refractivity contribution in [2.45, 2.75) is 6.92 Å². The molecule has 2 aromatic carbocycles. The summed E-state index contributed by atoms with van der Waals surface area (Å²) >= 11 is 5.90. The van der Waals surface area contributed by atoms with Crippen LogP contribution in [-0.2, 0) is 0 Å². The van der Waals surface area contributed by atoms with Gasteiger partial charge in [-0.05, 0) is 49.4 Å². The Morgan fingerprint density at radius 1 is 1.25 bits per heavy atom. The summed E-state index contributed by atoms with van der Waals surface area (Å²) in [7, 11) is 0. The van der Waals surface area contributed by atoms with Gasteiger partial charge in [0.05, 0.1) is 34.9 Å². The van der Waals surface area contributed by atoms with Crippen LogP contribution in [0.1, 0.15) is 21.6 Å². The molecule has 1 heterocycles. The van der Waals surface area contributed by atoms with E-state index in [1.807, 2.05) is 25.1 Å². The van der Waals surface area contributed by atoms with Crippen molar-refractivity contribution in [2.24, 2.45) is 0 Å². The number of carbonyl (C=O) groups excluding carboxylic acids is 1. The lowest BCUT2D eigenvalue weighted by molar-refractivity contribution is 0.102. The van der Waals surface area contributed by atoms with Crippen molar-refractivity contribution in [2.75, 3.05) is 5.32 Å². The molecule has 1 amide bonds. The summed E-state index contributed by atoms with van der Waals surface area (Å²) in [6, 6.07) is 15.8. The number of nitrogens with one attached hydrogen (secondary N) is 1. The van der Waals surface area contributed by atoms with Gasteiger partial charge in [-0.15, -0.1) is 0 Å². The van der Waals surface area contributed by atoms with Gasteiger partial charge in [-0.2, -0.15) is 10.4 Å². The molecule has 0 atom stereocenters.